The minimum absolute atomic E-state index is 0.342. The molecule has 28 heavy (non-hydrogen) atoms. The molecule has 4 nitrogen and oxygen atoms in total. The van der Waals surface area contributed by atoms with Gasteiger partial charge in [0.1, 0.15) is 5.75 Å². The van der Waals surface area contributed by atoms with Crippen LogP contribution in [0.4, 0.5) is 5.69 Å². The minimum Gasteiger partial charge on any atom is -0.497 e. The number of rotatable bonds is 9. The Bertz CT molecular complexity index is 940. The molecule has 5 heteroatoms. The summed E-state index contributed by atoms with van der Waals surface area (Å²) >= 11 is 6.30. The molecule has 3 aromatic rings. The third-order valence-corrected chi connectivity index (χ3v) is 5.57. The Balaban J connectivity index is 1.93. The van der Waals surface area contributed by atoms with Crippen LogP contribution in [0.1, 0.15) is 33.6 Å². The van der Waals surface area contributed by atoms with Gasteiger partial charge in [-0.3, -0.25) is 0 Å². The molecule has 0 aliphatic rings. The van der Waals surface area contributed by atoms with E-state index in [1.807, 2.05) is 36.4 Å². The maximum atomic E-state index is 6.30. The topological polar surface area (TPSA) is 37.4 Å². The first kappa shape index (κ1) is 20.7. The predicted octanol–water partition coefficient (Wildman–Crippen LogP) is 5.97. The molecule has 150 valence electrons. The zero-order valence-electron chi connectivity index (χ0n) is 17.3. The summed E-state index contributed by atoms with van der Waals surface area (Å²) < 4.78 is 5.45. The first-order valence-corrected chi connectivity index (χ1v) is 10.5. The lowest BCUT2D eigenvalue weighted by Crippen LogP contribution is -2.25. The standard InChI is InChI=1S/C23H30ClN3O/c1-5-27(6-2)13-7-8-16(3)25-23-19-14-17(24)9-11-21(19)26-22-12-10-18(28-4)15-20(22)23/h9-12,14-16H,5-8,13H2,1-4H3,(H,25,26). The summed E-state index contributed by atoms with van der Waals surface area (Å²) in [6, 6.07) is 12.2. The average molecular weight is 400 g/mol. The number of nitrogens with zero attached hydrogens (tertiary/aromatic N) is 2. The molecule has 1 N–H and O–H groups in total. The van der Waals surface area contributed by atoms with Crippen molar-refractivity contribution in [2.75, 3.05) is 32.1 Å². The van der Waals surface area contributed by atoms with Gasteiger partial charge in [0, 0.05) is 21.8 Å². The van der Waals surface area contributed by atoms with Crippen LogP contribution in [0.2, 0.25) is 5.02 Å². The molecule has 1 atom stereocenters. The highest BCUT2D eigenvalue weighted by Gasteiger charge is 2.13. The van der Waals surface area contributed by atoms with Gasteiger partial charge in [-0.05, 0) is 75.8 Å². The van der Waals surface area contributed by atoms with Crippen LogP contribution in [-0.2, 0) is 0 Å². The smallest absolute Gasteiger partial charge is 0.119 e. The summed E-state index contributed by atoms with van der Waals surface area (Å²) in [5.41, 5.74) is 2.98. The van der Waals surface area contributed by atoms with Crippen LogP contribution in [0, 0.1) is 0 Å². The van der Waals surface area contributed by atoms with Crippen LogP contribution in [0.15, 0.2) is 36.4 Å². The van der Waals surface area contributed by atoms with Crippen molar-refractivity contribution in [3.8, 4) is 5.75 Å². The SMILES string of the molecule is CCN(CC)CCCC(C)Nc1c2cc(Cl)ccc2nc2ccc(OC)cc12. The Morgan fingerprint density at radius 3 is 2.43 bits per heavy atom. The molecule has 0 aliphatic carbocycles. The monoisotopic (exact) mass is 399 g/mol. The first-order valence-electron chi connectivity index (χ1n) is 10.1. The van der Waals surface area contributed by atoms with Crippen molar-refractivity contribution < 1.29 is 4.74 Å². The van der Waals surface area contributed by atoms with Crippen LogP contribution >= 0.6 is 11.6 Å². The van der Waals surface area contributed by atoms with Crippen molar-refractivity contribution in [3.05, 3.63) is 41.4 Å². The van der Waals surface area contributed by atoms with Crippen LogP contribution in [-0.4, -0.2) is 42.7 Å². The molecule has 1 heterocycles. The number of fused-ring (bicyclic) bond motifs is 2. The van der Waals surface area contributed by atoms with E-state index in [4.69, 9.17) is 21.3 Å². The Morgan fingerprint density at radius 1 is 1.07 bits per heavy atom. The van der Waals surface area contributed by atoms with Gasteiger partial charge in [0.25, 0.3) is 0 Å². The van der Waals surface area contributed by atoms with Crippen LogP contribution in [0.25, 0.3) is 21.8 Å². The van der Waals surface area contributed by atoms with Gasteiger partial charge in [0.15, 0.2) is 0 Å². The van der Waals surface area contributed by atoms with E-state index in [-0.39, 0.29) is 0 Å². The molecule has 0 saturated carbocycles. The van der Waals surface area contributed by atoms with Gasteiger partial charge in [-0.25, -0.2) is 4.98 Å². The van der Waals surface area contributed by atoms with E-state index >= 15 is 0 Å². The minimum atomic E-state index is 0.342. The van der Waals surface area contributed by atoms with E-state index in [0.29, 0.717) is 11.1 Å². The summed E-state index contributed by atoms with van der Waals surface area (Å²) in [4.78, 5) is 7.28. The number of halogens is 1. The Kier molecular flexibility index (Phi) is 6.97. The fourth-order valence-electron chi connectivity index (χ4n) is 3.66. The number of hydrogen-bond acceptors (Lipinski definition) is 4. The molecule has 0 fully saturated rings. The van der Waals surface area contributed by atoms with Gasteiger partial charge < -0.3 is 15.0 Å². The van der Waals surface area contributed by atoms with Crippen molar-refractivity contribution in [2.24, 2.45) is 0 Å². The second-order valence-corrected chi connectivity index (χ2v) is 7.68. The molecule has 0 saturated heterocycles. The number of pyridine rings is 1. The molecule has 2 aromatic carbocycles. The average Bonchev–Trinajstić information content (AvgIpc) is 2.71. The van der Waals surface area contributed by atoms with Crippen LogP contribution < -0.4 is 10.1 Å². The predicted molar refractivity (Wildman–Crippen MR) is 121 cm³/mol. The summed E-state index contributed by atoms with van der Waals surface area (Å²) in [6.45, 7) is 10.0. The number of aromatic nitrogens is 1. The molecule has 0 bridgehead atoms. The van der Waals surface area contributed by atoms with Crippen LogP contribution in [0.5, 0.6) is 5.75 Å². The lowest BCUT2D eigenvalue weighted by molar-refractivity contribution is 0.295. The maximum Gasteiger partial charge on any atom is 0.119 e. The van der Waals surface area contributed by atoms with Gasteiger partial charge in [0.2, 0.25) is 0 Å². The van der Waals surface area contributed by atoms with Gasteiger partial charge in [-0.15, -0.1) is 0 Å². The fourth-order valence-corrected chi connectivity index (χ4v) is 3.83. The molecule has 0 amide bonds. The largest absolute Gasteiger partial charge is 0.497 e. The van der Waals surface area contributed by atoms with E-state index in [1.165, 1.54) is 6.42 Å². The van der Waals surface area contributed by atoms with E-state index < -0.39 is 0 Å². The summed E-state index contributed by atoms with van der Waals surface area (Å²) in [7, 11) is 1.69. The zero-order valence-corrected chi connectivity index (χ0v) is 18.0. The lowest BCUT2D eigenvalue weighted by Gasteiger charge is -2.22. The van der Waals surface area contributed by atoms with Crippen molar-refractivity contribution >= 4 is 39.1 Å². The van der Waals surface area contributed by atoms with E-state index in [1.54, 1.807) is 7.11 Å². The third kappa shape index (κ3) is 4.68. The number of ether oxygens (including phenoxy) is 1. The Morgan fingerprint density at radius 2 is 1.75 bits per heavy atom. The zero-order chi connectivity index (χ0) is 20.1. The second kappa shape index (κ2) is 9.44. The first-order chi connectivity index (χ1) is 13.5. The van der Waals surface area contributed by atoms with E-state index in [2.05, 4.69) is 31.0 Å². The molecule has 0 aliphatic heterocycles. The molecular formula is C23H30ClN3O. The molecule has 1 unspecified atom stereocenters. The molecular weight excluding hydrogens is 370 g/mol. The maximum absolute atomic E-state index is 6.30. The van der Waals surface area contributed by atoms with Gasteiger partial charge in [0.05, 0.1) is 23.8 Å². The highest BCUT2D eigenvalue weighted by molar-refractivity contribution is 6.31. The number of benzene rings is 2. The lowest BCUT2D eigenvalue weighted by atomic mass is 10.1. The Labute approximate surface area is 172 Å². The highest BCUT2D eigenvalue weighted by Crippen LogP contribution is 2.35. The Hall–Kier alpha value is -2.04. The van der Waals surface area contributed by atoms with Crippen molar-refractivity contribution in [1.82, 2.24) is 9.88 Å². The summed E-state index contributed by atoms with van der Waals surface area (Å²) in [5, 5.41) is 6.57. The molecule has 1 aromatic heterocycles. The quantitative estimate of drug-likeness (QED) is 0.449. The van der Waals surface area contributed by atoms with Crippen molar-refractivity contribution in [2.45, 2.75) is 39.7 Å². The number of methoxy groups -OCH3 is 1. The van der Waals surface area contributed by atoms with Crippen molar-refractivity contribution in [1.29, 1.82) is 0 Å². The van der Waals surface area contributed by atoms with E-state index in [9.17, 15) is 0 Å². The van der Waals surface area contributed by atoms with Crippen LogP contribution in [0.3, 0.4) is 0 Å². The number of nitrogens with one attached hydrogen (secondary N) is 1. The number of anilines is 1. The van der Waals surface area contributed by atoms with Gasteiger partial charge in [-0.1, -0.05) is 25.4 Å². The summed E-state index contributed by atoms with van der Waals surface area (Å²) in [5.74, 6) is 0.827. The fraction of sp³-hybridized carbons (Fsp3) is 0.435. The summed E-state index contributed by atoms with van der Waals surface area (Å²) in [6.07, 6.45) is 2.27. The van der Waals surface area contributed by atoms with Crippen molar-refractivity contribution in [3.63, 3.8) is 0 Å². The normalized spacial score (nSPS) is 12.6. The molecule has 3 rings (SSSR count). The van der Waals surface area contributed by atoms with Gasteiger partial charge >= 0.3 is 0 Å². The van der Waals surface area contributed by atoms with Gasteiger partial charge in [-0.2, -0.15) is 0 Å². The third-order valence-electron chi connectivity index (χ3n) is 5.34. The molecule has 0 spiro atoms. The van der Waals surface area contributed by atoms with E-state index in [0.717, 1.165) is 59.3 Å². The molecule has 0 radical (unpaired) electrons. The second-order valence-electron chi connectivity index (χ2n) is 7.25. The highest BCUT2D eigenvalue weighted by atomic mass is 35.5. The number of hydrogen-bond donors (Lipinski definition) is 1.